The maximum absolute atomic E-state index is 12.2. The van der Waals surface area contributed by atoms with E-state index in [1.54, 1.807) is 14.2 Å². The highest BCUT2D eigenvalue weighted by molar-refractivity contribution is 5.62. The molecule has 7 heteroatoms. The van der Waals surface area contributed by atoms with Crippen LogP contribution in [0.1, 0.15) is 6.42 Å². The van der Waals surface area contributed by atoms with Gasteiger partial charge >= 0.3 is 6.18 Å². The van der Waals surface area contributed by atoms with Crippen molar-refractivity contribution in [2.75, 3.05) is 45.3 Å². The number of halogens is 3. The van der Waals surface area contributed by atoms with E-state index in [9.17, 15) is 13.2 Å². The number of methoxy groups -OCH3 is 2. The van der Waals surface area contributed by atoms with Gasteiger partial charge in [0.25, 0.3) is 0 Å². The third-order valence-corrected chi connectivity index (χ3v) is 3.77. The fourth-order valence-corrected chi connectivity index (χ4v) is 2.68. The van der Waals surface area contributed by atoms with E-state index < -0.39 is 12.7 Å². The Hall–Kier alpha value is -1.63. The van der Waals surface area contributed by atoms with Gasteiger partial charge in [-0.3, -0.25) is 0 Å². The van der Waals surface area contributed by atoms with Crippen molar-refractivity contribution in [3.8, 4) is 11.5 Å². The fourth-order valence-electron chi connectivity index (χ4n) is 2.68. The maximum atomic E-state index is 12.2. The van der Waals surface area contributed by atoms with Gasteiger partial charge in [-0.05, 0) is 24.5 Å². The molecule has 0 radical (unpaired) electrons. The molecule has 1 atom stereocenters. The summed E-state index contributed by atoms with van der Waals surface area (Å²) in [6, 6.07) is 5.55. The standard InChI is InChI=1S/C15H21F3N2O2/c1-21-12-3-4-14(22-2)13(7-12)20-6-5-11(9-20)8-19-10-15(16,17)18/h3-4,7,11,19H,5-6,8-10H2,1-2H3. The van der Waals surface area contributed by atoms with Crippen LogP contribution in [0.25, 0.3) is 0 Å². The van der Waals surface area contributed by atoms with Crippen molar-refractivity contribution >= 4 is 5.69 Å². The molecule has 1 unspecified atom stereocenters. The number of ether oxygens (including phenoxy) is 2. The van der Waals surface area contributed by atoms with Crippen molar-refractivity contribution in [2.45, 2.75) is 12.6 Å². The molecule has 22 heavy (non-hydrogen) atoms. The van der Waals surface area contributed by atoms with Crippen molar-refractivity contribution in [1.29, 1.82) is 0 Å². The molecular weight excluding hydrogens is 297 g/mol. The van der Waals surface area contributed by atoms with Gasteiger partial charge in [-0.1, -0.05) is 0 Å². The molecule has 1 N–H and O–H groups in total. The molecule has 1 aromatic rings. The first kappa shape index (κ1) is 16.7. The number of nitrogens with zero attached hydrogens (tertiary/aromatic N) is 1. The third kappa shape index (κ3) is 4.43. The van der Waals surface area contributed by atoms with E-state index in [1.165, 1.54) is 0 Å². The molecule has 1 saturated heterocycles. The van der Waals surface area contributed by atoms with Gasteiger partial charge in [-0.2, -0.15) is 13.2 Å². The molecule has 124 valence electrons. The lowest BCUT2D eigenvalue weighted by atomic mass is 10.1. The molecule has 0 amide bonds. The zero-order chi connectivity index (χ0) is 16.2. The number of benzene rings is 1. The van der Waals surface area contributed by atoms with Crippen LogP contribution in [0.3, 0.4) is 0 Å². The molecule has 1 aliphatic rings. The molecule has 4 nitrogen and oxygen atoms in total. The molecule has 0 aliphatic carbocycles. The zero-order valence-corrected chi connectivity index (χ0v) is 12.7. The number of rotatable bonds is 6. The highest BCUT2D eigenvalue weighted by Crippen LogP contribution is 2.35. The Labute approximate surface area is 128 Å². The summed E-state index contributed by atoms with van der Waals surface area (Å²) in [5, 5.41) is 2.48. The Balaban J connectivity index is 1.95. The minimum absolute atomic E-state index is 0.193. The Morgan fingerprint density at radius 2 is 2.05 bits per heavy atom. The number of hydrogen-bond acceptors (Lipinski definition) is 4. The van der Waals surface area contributed by atoms with Crippen LogP contribution >= 0.6 is 0 Å². The summed E-state index contributed by atoms with van der Waals surface area (Å²) < 4.78 is 47.0. The highest BCUT2D eigenvalue weighted by Gasteiger charge is 2.29. The first-order valence-electron chi connectivity index (χ1n) is 7.17. The molecule has 2 rings (SSSR count). The Bertz CT molecular complexity index is 494. The van der Waals surface area contributed by atoms with E-state index in [0.717, 1.165) is 30.2 Å². The summed E-state index contributed by atoms with van der Waals surface area (Å²) >= 11 is 0. The first-order chi connectivity index (χ1) is 10.4. The molecule has 0 saturated carbocycles. The monoisotopic (exact) mass is 318 g/mol. The average molecular weight is 318 g/mol. The van der Waals surface area contributed by atoms with E-state index in [4.69, 9.17) is 9.47 Å². The lowest BCUT2D eigenvalue weighted by Crippen LogP contribution is -2.33. The van der Waals surface area contributed by atoms with E-state index >= 15 is 0 Å². The second-order valence-corrected chi connectivity index (χ2v) is 5.38. The molecule has 0 bridgehead atoms. The lowest BCUT2D eigenvalue weighted by Gasteiger charge is -2.22. The van der Waals surface area contributed by atoms with Gasteiger partial charge in [0.2, 0.25) is 0 Å². The molecule has 1 heterocycles. The normalized spacial score (nSPS) is 18.6. The second kappa shape index (κ2) is 7.09. The quantitative estimate of drug-likeness (QED) is 0.874. The maximum Gasteiger partial charge on any atom is 0.401 e. The van der Waals surface area contributed by atoms with Crippen LogP contribution in [0.15, 0.2) is 18.2 Å². The lowest BCUT2D eigenvalue weighted by molar-refractivity contribution is -0.125. The fraction of sp³-hybridized carbons (Fsp3) is 0.600. The SMILES string of the molecule is COc1ccc(OC)c(N2CCC(CNCC(F)(F)F)C2)c1. The topological polar surface area (TPSA) is 33.7 Å². The number of hydrogen-bond donors (Lipinski definition) is 1. The van der Waals surface area contributed by atoms with Crippen LogP contribution < -0.4 is 19.7 Å². The average Bonchev–Trinajstić information content (AvgIpc) is 2.94. The van der Waals surface area contributed by atoms with Crippen LogP contribution in [-0.4, -0.2) is 46.6 Å². The van der Waals surface area contributed by atoms with Crippen LogP contribution in [-0.2, 0) is 0 Å². The minimum Gasteiger partial charge on any atom is -0.497 e. The number of anilines is 1. The summed E-state index contributed by atoms with van der Waals surface area (Å²) in [7, 11) is 3.20. The van der Waals surface area contributed by atoms with E-state index in [1.807, 2.05) is 18.2 Å². The highest BCUT2D eigenvalue weighted by atomic mass is 19.4. The van der Waals surface area contributed by atoms with Crippen molar-refractivity contribution in [1.82, 2.24) is 5.32 Å². The Morgan fingerprint density at radius 3 is 2.68 bits per heavy atom. The molecule has 0 spiro atoms. The summed E-state index contributed by atoms with van der Waals surface area (Å²) in [4.78, 5) is 2.13. The van der Waals surface area contributed by atoms with Gasteiger partial charge in [0, 0.05) is 25.7 Å². The predicted molar refractivity (Wildman–Crippen MR) is 78.8 cm³/mol. The molecule has 1 aromatic carbocycles. The predicted octanol–water partition coefficient (Wildman–Crippen LogP) is 2.68. The minimum atomic E-state index is -4.16. The Morgan fingerprint density at radius 1 is 1.27 bits per heavy atom. The summed E-state index contributed by atoms with van der Waals surface area (Å²) in [6.07, 6.45) is -3.31. The molecule has 0 aromatic heterocycles. The summed E-state index contributed by atoms with van der Waals surface area (Å²) in [5.41, 5.74) is 0.917. The van der Waals surface area contributed by atoms with Gasteiger partial charge in [0.05, 0.1) is 26.5 Å². The third-order valence-electron chi connectivity index (χ3n) is 3.77. The smallest absolute Gasteiger partial charge is 0.401 e. The first-order valence-corrected chi connectivity index (χ1v) is 7.17. The number of alkyl halides is 3. The largest absolute Gasteiger partial charge is 0.497 e. The number of nitrogens with one attached hydrogen (secondary N) is 1. The second-order valence-electron chi connectivity index (χ2n) is 5.38. The van der Waals surface area contributed by atoms with Crippen LogP contribution in [0.2, 0.25) is 0 Å². The zero-order valence-electron chi connectivity index (χ0n) is 12.7. The summed E-state index contributed by atoms with van der Waals surface area (Å²) in [6.45, 7) is 0.921. The van der Waals surface area contributed by atoms with Gasteiger partial charge < -0.3 is 19.7 Å². The molecular formula is C15H21F3N2O2. The molecule has 1 fully saturated rings. The van der Waals surface area contributed by atoms with Gasteiger partial charge in [-0.25, -0.2) is 0 Å². The van der Waals surface area contributed by atoms with Gasteiger partial charge in [0.1, 0.15) is 11.5 Å². The van der Waals surface area contributed by atoms with Crippen molar-refractivity contribution in [3.05, 3.63) is 18.2 Å². The molecule has 1 aliphatic heterocycles. The van der Waals surface area contributed by atoms with Gasteiger partial charge in [0.15, 0.2) is 0 Å². The summed E-state index contributed by atoms with van der Waals surface area (Å²) in [5.74, 6) is 1.66. The van der Waals surface area contributed by atoms with E-state index in [0.29, 0.717) is 13.1 Å². The van der Waals surface area contributed by atoms with Crippen LogP contribution in [0, 0.1) is 5.92 Å². The van der Waals surface area contributed by atoms with E-state index in [2.05, 4.69) is 10.2 Å². The van der Waals surface area contributed by atoms with Crippen LogP contribution in [0.5, 0.6) is 11.5 Å². The van der Waals surface area contributed by atoms with Crippen molar-refractivity contribution in [3.63, 3.8) is 0 Å². The Kier molecular flexibility index (Phi) is 5.39. The van der Waals surface area contributed by atoms with Crippen molar-refractivity contribution < 1.29 is 22.6 Å². The van der Waals surface area contributed by atoms with Gasteiger partial charge in [-0.15, -0.1) is 0 Å². The van der Waals surface area contributed by atoms with Crippen molar-refractivity contribution in [2.24, 2.45) is 5.92 Å². The van der Waals surface area contributed by atoms with E-state index in [-0.39, 0.29) is 5.92 Å². The van der Waals surface area contributed by atoms with Crippen LogP contribution in [0.4, 0.5) is 18.9 Å².